The van der Waals surface area contributed by atoms with E-state index >= 15 is 0 Å². The zero-order chi connectivity index (χ0) is 23.5. The van der Waals surface area contributed by atoms with Gasteiger partial charge in [0.25, 0.3) is 0 Å². The number of hydrogen-bond donors (Lipinski definition) is 0. The number of aromatic nitrogens is 1. The van der Waals surface area contributed by atoms with Crippen molar-refractivity contribution in [3.63, 3.8) is 0 Å². The molecule has 0 aliphatic carbocycles. The molecule has 4 aromatic rings. The Morgan fingerprint density at radius 3 is 2.52 bits per heavy atom. The number of rotatable bonds is 6. The Kier molecular flexibility index (Phi) is 6.28. The molecule has 3 aromatic carbocycles. The molecule has 5 nitrogen and oxygen atoms in total. The van der Waals surface area contributed by atoms with Crippen LogP contribution in [0.1, 0.15) is 23.0 Å². The summed E-state index contributed by atoms with van der Waals surface area (Å²) in [5.41, 5.74) is 0.835. The van der Waals surface area contributed by atoms with Gasteiger partial charge in [0.1, 0.15) is 17.4 Å². The number of benzene rings is 3. The van der Waals surface area contributed by atoms with Crippen LogP contribution < -0.4 is 9.64 Å². The zero-order valence-electron chi connectivity index (χ0n) is 17.7. The van der Waals surface area contributed by atoms with Gasteiger partial charge in [0.2, 0.25) is 5.91 Å². The molecule has 166 valence electrons. The van der Waals surface area contributed by atoms with Crippen LogP contribution in [0.4, 0.5) is 19.6 Å². The number of ether oxygens (including phenoxy) is 1. The summed E-state index contributed by atoms with van der Waals surface area (Å²) in [5, 5.41) is 3.44. The van der Waals surface area contributed by atoms with E-state index in [9.17, 15) is 18.4 Å². The highest BCUT2D eigenvalue weighted by atomic mass is 32.1. The lowest BCUT2D eigenvalue weighted by molar-refractivity contribution is -0.115. The molecule has 1 aromatic heterocycles. The number of amides is 1. The molecule has 0 spiro atoms. The molecule has 0 N–H and O–H groups in total. The largest absolute Gasteiger partial charge is 0.496 e. The molecule has 0 aliphatic rings. The quantitative estimate of drug-likeness (QED) is 0.253. The van der Waals surface area contributed by atoms with Crippen LogP contribution in [0.2, 0.25) is 0 Å². The Balaban J connectivity index is 1.62. The fourth-order valence-electron chi connectivity index (χ4n) is 3.44. The van der Waals surface area contributed by atoms with Gasteiger partial charge in [0.05, 0.1) is 18.5 Å². The zero-order valence-corrected chi connectivity index (χ0v) is 18.5. The fourth-order valence-corrected chi connectivity index (χ4v) is 4.29. The van der Waals surface area contributed by atoms with Crippen molar-refractivity contribution in [1.29, 1.82) is 0 Å². The van der Waals surface area contributed by atoms with Crippen LogP contribution in [0.3, 0.4) is 0 Å². The number of carbonyl (C=O) groups excluding carboxylic acids is 2. The van der Waals surface area contributed by atoms with Crippen LogP contribution in [0.5, 0.6) is 5.75 Å². The van der Waals surface area contributed by atoms with Crippen molar-refractivity contribution < 1.29 is 23.1 Å². The first-order valence-electron chi connectivity index (χ1n) is 9.88. The molecule has 4 rings (SSSR count). The Labute approximate surface area is 192 Å². The average Bonchev–Trinajstić information content (AvgIpc) is 3.26. The third-order valence-electron chi connectivity index (χ3n) is 4.94. The second-order valence-corrected chi connectivity index (χ2v) is 7.90. The van der Waals surface area contributed by atoms with E-state index in [-0.39, 0.29) is 16.6 Å². The van der Waals surface area contributed by atoms with Crippen molar-refractivity contribution in [1.82, 2.24) is 4.98 Å². The Bertz CT molecular complexity index is 1400. The smallest absolute Gasteiger partial charge is 0.230 e. The van der Waals surface area contributed by atoms with Gasteiger partial charge in [0, 0.05) is 29.3 Å². The Morgan fingerprint density at radius 1 is 1.06 bits per heavy atom. The van der Waals surface area contributed by atoms with E-state index in [1.807, 2.05) is 24.3 Å². The molecule has 0 fully saturated rings. The summed E-state index contributed by atoms with van der Waals surface area (Å²) in [6.07, 6.45) is 2.92. The van der Waals surface area contributed by atoms with Crippen LogP contribution in [0.25, 0.3) is 16.8 Å². The summed E-state index contributed by atoms with van der Waals surface area (Å²) in [6, 6.07) is 13.9. The monoisotopic (exact) mass is 464 g/mol. The van der Waals surface area contributed by atoms with Gasteiger partial charge in [0.15, 0.2) is 10.9 Å². The minimum atomic E-state index is -0.876. The molecule has 33 heavy (non-hydrogen) atoms. The number of anilines is 2. The van der Waals surface area contributed by atoms with E-state index in [2.05, 4.69) is 4.98 Å². The molecule has 8 heteroatoms. The number of thiazole rings is 1. The van der Waals surface area contributed by atoms with Gasteiger partial charge in [-0.15, -0.1) is 11.3 Å². The summed E-state index contributed by atoms with van der Waals surface area (Å²) in [7, 11) is 1.57. The van der Waals surface area contributed by atoms with E-state index in [1.165, 1.54) is 25.1 Å². The highest BCUT2D eigenvalue weighted by Crippen LogP contribution is 2.32. The number of methoxy groups -OCH3 is 1. The van der Waals surface area contributed by atoms with E-state index < -0.39 is 17.5 Å². The van der Waals surface area contributed by atoms with E-state index in [1.54, 1.807) is 24.6 Å². The lowest BCUT2D eigenvalue weighted by atomic mass is 10.0. The normalized spacial score (nSPS) is 11.2. The maximum Gasteiger partial charge on any atom is 0.230 e. The SMILES string of the molecule is COc1ccc(C(=O)/C=C/c2csc(N(C(C)=O)c3ccc(F)cc3F)n2)c2ccccc12. The molecule has 1 heterocycles. The van der Waals surface area contributed by atoms with Gasteiger partial charge in [-0.3, -0.25) is 14.5 Å². The molecule has 0 saturated heterocycles. The van der Waals surface area contributed by atoms with Crippen LogP contribution in [-0.2, 0) is 4.79 Å². The highest BCUT2D eigenvalue weighted by Gasteiger charge is 2.21. The van der Waals surface area contributed by atoms with Crippen molar-refractivity contribution in [2.24, 2.45) is 0 Å². The van der Waals surface area contributed by atoms with Gasteiger partial charge in [-0.2, -0.15) is 0 Å². The number of ketones is 1. The number of carbonyl (C=O) groups is 2. The standard InChI is InChI=1S/C25H18F2N2O3S/c1-15(30)29(22-10-7-16(26)13-21(22)27)25-28-17(14-33-25)8-11-23(31)19-9-12-24(32-2)20-6-4-3-5-18(19)20/h3-14H,1-2H3/b11-8+. The third-order valence-corrected chi connectivity index (χ3v) is 5.79. The van der Waals surface area contributed by atoms with Gasteiger partial charge in [-0.25, -0.2) is 13.8 Å². The number of allylic oxidation sites excluding steroid dienone is 1. The maximum absolute atomic E-state index is 14.3. The molecule has 0 bridgehead atoms. The number of nitrogens with zero attached hydrogens (tertiary/aromatic N) is 2. The first kappa shape index (κ1) is 22.3. The fraction of sp³-hybridized carbons (Fsp3) is 0.0800. The van der Waals surface area contributed by atoms with Crippen molar-refractivity contribution >= 4 is 50.7 Å². The minimum Gasteiger partial charge on any atom is -0.496 e. The molecular weight excluding hydrogens is 446 g/mol. The second-order valence-electron chi connectivity index (χ2n) is 7.06. The predicted octanol–water partition coefficient (Wildman–Crippen LogP) is 6.16. The van der Waals surface area contributed by atoms with Gasteiger partial charge in [-0.05, 0) is 41.8 Å². The van der Waals surface area contributed by atoms with E-state index in [4.69, 9.17) is 4.74 Å². The third kappa shape index (κ3) is 4.51. The van der Waals surface area contributed by atoms with Crippen molar-refractivity contribution in [2.75, 3.05) is 12.0 Å². The summed E-state index contributed by atoms with van der Waals surface area (Å²) < 4.78 is 32.9. The molecule has 0 radical (unpaired) electrons. The number of hydrogen-bond acceptors (Lipinski definition) is 5. The first-order valence-corrected chi connectivity index (χ1v) is 10.8. The summed E-state index contributed by atoms with van der Waals surface area (Å²) in [6.45, 7) is 1.26. The summed E-state index contributed by atoms with van der Waals surface area (Å²) in [5.74, 6) is -1.65. The molecular formula is C25H18F2N2O3S. The van der Waals surface area contributed by atoms with Crippen molar-refractivity contribution in [3.05, 3.63) is 88.9 Å². The van der Waals surface area contributed by atoms with Gasteiger partial charge < -0.3 is 4.74 Å². The van der Waals surface area contributed by atoms with Crippen LogP contribution in [0.15, 0.2) is 66.1 Å². The number of halogens is 2. The summed E-state index contributed by atoms with van der Waals surface area (Å²) >= 11 is 1.10. The van der Waals surface area contributed by atoms with Crippen molar-refractivity contribution in [3.8, 4) is 5.75 Å². The van der Waals surface area contributed by atoms with Crippen LogP contribution in [-0.4, -0.2) is 23.8 Å². The maximum atomic E-state index is 14.3. The Hall–Kier alpha value is -3.91. The van der Waals surface area contributed by atoms with Crippen LogP contribution in [0, 0.1) is 11.6 Å². The molecule has 0 saturated carbocycles. The molecule has 0 aliphatic heterocycles. The first-order chi connectivity index (χ1) is 15.9. The molecule has 0 atom stereocenters. The topological polar surface area (TPSA) is 59.5 Å². The highest BCUT2D eigenvalue weighted by molar-refractivity contribution is 7.14. The molecule has 1 amide bonds. The van der Waals surface area contributed by atoms with Crippen molar-refractivity contribution in [2.45, 2.75) is 6.92 Å². The van der Waals surface area contributed by atoms with E-state index in [0.717, 1.165) is 33.1 Å². The van der Waals surface area contributed by atoms with Gasteiger partial charge >= 0.3 is 0 Å². The minimum absolute atomic E-state index is 0.102. The number of fused-ring (bicyclic) bond motifs is 1. The van der Waals surface area contributed by atoms with Crippen LogP contribution >= 0.6 is 11.3 Å². The lowest BCUT2D eigenvalue weighted by Crippen LogP contribution is -2.23. The second kappa shape index (κ2) is 9.30. The average molecular weight is 464 g/mol. The Morgan fingerprint density at radius 2 is 1.82 bits per heavy atom. The summed E-state index contributed by atoms with van der Waals surface area (Å²) in [4.78, 5) is 30.4. The van der Waals surface area contributed by atoms with Gasteiger partial charge in [-0.1, -0.05) is 24.3 Å². The lowest BCUT2D eigenvalue weighted by Gasteiger charge is -2.18. The van der Waals surface area contributed by atoms with E-state index in [0.29, 0.717) is 23.1 Å². The molecule has 0 unspecified atom stereocenters. The predicted molar refractivity (Wildman–Crippen MR) is 125 cm³/mol.